The molecule has 202 valence electrons. The highest BCUT2D eigenvalue weighted by Gasteiger charge is 2.30. The molecule has 0 saturated carbocycles. The lowest BCUT2D eigenvalue weighted by atomic mass is 9.91. The van der Waals surface area contributed by atoms with Crippen LogP contribution in [0.3, 0.4) is 0 Å². The molecular weight excluding hydrogens is 498 g/mol. The highest BCUT2D eigenvalue weighted by molar-refractivity contribution is 5.80. The Morgan fingerprint density at radius 2 is 1.67 bits per heavy atom. The van der Waals surface area contributed by atoms with Gasteiger partial charge in [0, 0.05) is 73.6 Å². The van der Waals surface area contributed by atoms with E-state index in [9.17, 15) is 8.78 Å². The van der Waals surface area contributed by atoms with Crippen LogP contribution in [0.4, 0.5) is 14.7 Å². The number of hydrogen-bond acceptors (Lipinski definition) is 7. The number of pyridine rings is 1. The number of nitrogens with zero attached hydrogens (tertiary/aromatic N) is 7. The normalized spacial score (nSPS) is 17.6. The van der Waals surface area contributed by atoms with Crippen molar-refractivity contribution in [1.82, 2.24) is 34.3 Å². The lowest BCUT2D eigenvalue weighted by Gasteiger charge is -2.41. The van der Waals surface area contributed by atoms with Crippen molar-refractivity contribution in [3.05, 3.63) is 78.4 Å². The van der Waals surface area contributed by atoms with Gasteiger partial charge in [0.2, 0.25) is 5.95 Å². The lowest BCUT2D eigenvalue weighted by Crippen LogP contribution is -2.40. The van der Waals surface area contributed by atoms with Crippen molar-refractivity contribution in [2.75, 3.05) is 31.9 Å². The molecule has 0 aliphatic carbocycles. The molecule has 10 heteroatoms. The Balaban J connectivity index is 1.12. The second-order valence-electron chi connectivity index (χ2n) is 10.5. The SMILES string of the molecule is C=C(C1CCN(Cc2cnc(N)nc2)CC1)N1CCC(n2c(-c3ccccn3)nc3cc(F)c(F)cc32)CC1. The fourth-order valence-electron chi connectivity index (χ4n) is 5.93. The number of aromatic nitrogens is 5. The monoisotopic (exact) mass is 530 g/mol. The molecule has 2 saturated heterocycles. The predicted octanol–water partition coefficient (Wildman–Crippen LogP) is 4.81. The fourth-order valence-corrected chi connectivity index (χ4v) is 5.93. The molecule has 2 aliphatic rings. The number of benzene rings is 1. The van der Waals surface area contributed by atoms with Gasteiger partial charge in [0.05, 0.1) is 11.0 Å². The topological polar surface area (TPSA) is 89.0 Å². The Hall–Kier alpha value is -3.92. The number of halogens is 2. The summed E-state index contributed by atoms with van der Waals surface area (Å²) in [5.41, 5.74) is 9.62. The molecule has 0 spiro atoms. The minimum atomic E-state index is -0.890. The van der Waals surface area contributed by atoms with Gasteiger partial charge in [-0.25, -0.2) is 23.7 Å². The molecule has 0 unspecified atom stereocenters. The summed E-state index contributed by atoms with van der Waals surface area (Å²) in [7, 11) is 0. The molecule has 4 aromatic rings. The highest BCUT2D eigenvalue weighted by Crippen LogP contribution is 2.36. The molecule has 5 heterocycles. The molecule has 1 aromatic carbocycles. The summed E-state index contributed by atoms with van der Waals surface area (Å²) in [6.45, 7) is 9.04. The van der Waals surface area contributed by atoms with E-state index in [1.807, 2.05) is 18.2 Å². The van der Waals surface area contributed by atoms with E-state index in [4.69, 9.17) is 5.73 Å². The molecule has 3 aromatic heterocycles. The van der Waals surface area contributed by atoms with E-state index in [0.29, 0.717) is 34.4 Å². The number of anilines is 1. The van der Waals surface area contributed by atoms with Crippen molar-refractivity contribution in [2.24, 2.45) is 5.92 Å². The zero-order chi connectivity index (χ0) is 26.9. The number of allylic oxidation sites excluding steroid dienone is 1. The van der Waals surface area contributed by atoms with Crippen LogP contribution in [0.25, 0.3) is 22.6 Å². The average Bonchev–Trinajstić information content (AvgIpc) is 3.33. The van der Waals surface area contributed by atoms with Crippen LogP contribution >= 0.6 is 0 Å². The van der Waals surface area contributed by atoms with Crippen LogP contribution in [-0.4, -0.2) is 60.5 Å². The smallest absolute Gasteiger partial charge is 0.219 e. The van der Waals surface area contributed by atoms with Crippen molar-refractivity contribution in [3.8, 4) is 11.5 Å². The number of likely N-dealkylation sites (tertiary alicyclic amines) is 2. The third kappa shape index (κ3) is 5.21. The summed E-state index contributed by atoms with van der Waals surface area (Å²) in [6, 6.07) is 8.17. The van der Waals surface area contributed by atoms with Crippen molar-refractivity contribution >= 4 is 17.0 Å². The Labute approximate surface area is 226 Å². The van der Waals surface area contributed by atoms with Gasteiger partial charge < -0.3 is 15.2 Å². The Bertz CT molecular complexity index is 1450. The van der Waals surface area contributed by atoms with E-state index >= 15 is 0 Å². The van der Waals surface area contributed by atoms with Gasteiger partial charge >= 0.3 is 0 Å². The minimum absolute atomic E-state index is 0.102. The minimum Gasteiger partial charge on any atom is -0.375 e. The molecule has 8 nitrogen and oxygen atoms in total. The van der Waals surface area contributed by atoms with E-state index in [1.54, 1.807) is 18.6 Å². The Morgan fingerprint density at radius 1 is 0.949 bits per heavy atom. The van der Waals surface area contributed by atoms with Crippen molar-refractivity contribution in [2.45, 2.75) is 38.3 Å². The molecule has 2 aliphatic heterocycles. The van der Waals surface area contributed by atoms with Gasteiger partial charge in [0.1, 0.15) is 5.69 Å². The molecule has 2 fully saturated rings. The third-order valence-corrected chi connectivity index (χ3v) is 8.05. The van der Waals surface area contributed by atoms with Crippen LogP contribution in [0.15, 0.2) is 61.2 Å². The molecule has 0 bridgehead atoms. The van der Waals surface area contributed by atoms with Crippen LogP contribution in [0.1, 0.15) is 37.3 Å². The Morgan fingerprint density at radius 3 is 2.36 bits per heavy atom. The zero-order valence-corrected chi connectivity index (χ0v) is 21.8. The maximum absolute atomic E-state index is 14.3. The van der Waals surface area contributed by atoms with Gasteiger partial charge in [-0.15, -0.1) is 0 Å². The summed E-state index contributed by atoms with van der Waals surface area (Å²) in [5.74, 6) is -0.355. The first kappa shape index (κ1) is 25.4. The molecule has 0 amide bonds. The zero-order valence-electron chi connectivity index (χ0n) is 21.8. The van der Waals surface area contributed by atoms with E-state index in [1.165, 1.54) is 17.8 Å². The van der Waals surface area contributed by atoms with E-state index in [-0.39, 0.29) is 6.04 Å². The molecule has 39 heavy (non-hydrogen) atoms. The second kappa shape index (κ2) is 10.7. The number of piperidine rings is 2. The van der Waals surface area contributed by atoms with Crippen LogP contribution in [0.2, 0.25) is 0 Å². The molecule has 6 rings (SSSR count). The first-order chi connectivity index (χ1) is 19.0. The predicted molar refractivity (Wildman–Crippen MR) is 146 cm³/mol. The van der Waals surface area contributed by atoms with Gasteiger partial charge in [-0.3, -0.25) is 9.88 Å². The summed E-state index contributed by atoms with van der Waals surface area (Å²) in [6.07, 6.45) is 9.15. The number of imidazole rings is 1. The summed E-state index contributed by atoms with van der Waals surface area (Å²) in [4.78, 5) is 22.2. The molecular formula is C29H32F2N8. The number of nitrogen functional groups attached to an aromatic ring is 1. The van der Waals surface area contributed by atoms with Crippen molar-refractivity contribution in [3.63, 3.8) is 0 Å². The average molecular weight is 531 g/mol. The van der Waals surface area contributed by atoms with Crippen molar-refractivity contribution in [1.29, 1.82) is 0 Å². The Kier molecular flexibility index (Phi) is 6.95. The largest absolute Gasteiger partial charge is 0.375 e. The number of rotatable bonds is 6. The molecule has 0 radical (unpaired) electrons. The first-order valence-corrected chi connectivity index (χ1v) is 13.5. The molecule has 0 atom stereocenters. The molecule has 2 N–H and O–H groups in total. The van der Waals surface area contributed by atoms with Gasteiger partial charge in [-0.05, 0) is 50.9 Å². The lowest BCUT2D eigenvalue weighted by molar-refractivity contribution is 0.155. The van der Waals surface area contributed by atoms with E-state index in [0.717, 1.165) is 64.0 Å². The summed E-state index contributed by atoms with van der Waals surface area (Å²) >= 11 is 0. The number of hydrogen-bond donors (Lipinski definition) is 1. The first-order valence-electron chi connectivity index (χ1n) is 13.5. The standard InChI is InChI=1S/C29H32F2N8/c1-19(21-5-10-37(11-6-21)18-20-16-34-29(32)35-17-20)38-12-7-22(8-13-38)39-27-15-24(31)23(30)14-26(27)36-28(39)25-4-2-3-9-33-25/h2-4,9,14-17,21-22H,1,5-8,10-13,18H2,(H2,32,34,35). The highest BCUT2D eigenvalue weighted by atomic mass is 19.2. The third-order valence-electron chi connectivity index (χ3n) is 8.05. The van der Waals surface area contributed by atoms with Crippen LogP contribution in [0.5, 0.6) is 0 Å². The van der Waals surface area contributed by atoms with Gasteiger partial charge in [-0.2, -0.15) is 0 Å². The quantitative estimate of drug-likeness (QED) is 0.383. The van der Waals surface area contributed by atoms with Crippen LogP contribution < -0.4 is 5.73 Å². The number of nitrogens with two attached hydrogens (primary N) is 1. The summed E-state index contributed by atoms with van der Waals surface area (Å²) < 4.78 is 30.4. The van der Waals surface area contributed by atoms with Gasteiger partial charge in [0.25, 0.3) is 0 Å². The van der Waals surface area contributed by atoms with E-state index in [2.05, 4.69) is 40.9 Å². The maximum atomic E-state index is 14.3. The van der Waals surface area contributed by atoms with E-state index < -0.39 is 11.6 Å². The fraction of sp³-hybridized carbons (Fsp3) is 0.379. The van der Waals surface area contributed by atoms with Crippen LogP contribution in [-0.2, 0) is 6.54 Å². The second-order valence-corrected chi connectivity index (χ2v) is 10.5. The number of fused-ring (bicyclic) bond motifs is 1. The summed E-state index contributed by atoms with van der Waals surface area (Å²) in [5, 5.41) is 0. The van der Waals surface area contributed by atoms with Crippen LogP contribution in [0, 0.1) is 17.6 Å². The van der Waals surface area contributed by atoms with Gasteiger partial charge in [-0.1, -0.05) is 12.6 Å². The van der Waals surface area contributed by atoms with Gasteiger partial charge in [0.15, 0.2) is 17.5 Å². The maximum Gasteiger partial charge on any atom is 0.219 e. The van der Waals surface area contributed by atoms with Crippen molar-refractivity contribution < 1.29 is 8.78 Å².